The smallest absolute Gasteiger partial charge is 0.131 e. The fraction of sp³-hybridized carbons (Fsp3) is 0.562. The maximum atomic E-state index is 9.64. The molecule has 2 rings (SSSR count). The summed E-state index contributed by atoms with van der Waals surface area (Å²) in [5, 5.41) is 9.64. The van der Waals surface area contributed by atoms with Crippen LogP contribution in [-0.2, 0) is 5.54 Å². The number of hydrogen-bond donors (Lipinski definition) is 0. The van der Waals surface area contributed by atoms with E-state index in [9.17, 15) is 5.26 Å². The molecule has 1 saturated heterocycles. The summed E-state index contributed by atoms with van der Waals surface area (Å²) in [7, 11) is 0. The second kappa shape index (κ2) is 6.08. The Labute approximate surface area is 115 Å². The molecule has 1 heterocycles. The van der Waals surface area contributed by atoms with Crippen LogP contribution in [0.15, 0.2) is 24.3 Å². The van der Waals surface area contributed by atoms with E-state index in [4.69, 9.17) is 4.74 Å². The van der Waals surface area contributed by atoms with E-state index >= 15 is 0 Å². The summed E-state index contributed by atoms with van der Waals surface area (Å²) >= 11 is 0. The number of benzene rings is 1. The van der Waals surface area contributed by atoms with Crippen LogP contribution in [-0.4, -0.2) is 24.6 Å². The number of ether oxygens (including phenoxy) is 1. The second-order valence-electron chi connectivity index (χ2n) is 5.19. The van der Waals surface area contributed by atoms with E-state index < -0.39 is 5.54 Å². The van der Waals surface area contributed by atoms with Crippen LogP contribution >= 0.6 is 0 Å². The van der Waals surface area contributed by atoms with Crippen molar-refractivity contribution in [2.75, 3.05) is 19.7 Å². The lowest BCUT2D eigenvalue weighted by Gasteiger charge is -2.38. The number of rotatable bonds is 4. The lowest BCUT2D eigenvalue weighted by Crippen LogP contribution is -2.45. The molecule has 1 aliphatic rings. The van der Waals surface area contributed by atoms with E-state index in [1.54, 1.807) is 0 Å². The molecule has 0 saturated carbocycles. The highest BCUT2D eigenvalue weighted by Crippen LogP contribution is 2.31. The number of nitrogens with zero attached hydrogens (tertiary/aromatic N) is 2. The number of piperidine rings is 1. The molecule has 0 aliphatic carbocycles. The second-order valence-corrected chi connectivity index (χ2v) is 5.19. The molecule has 1 aromatic rings. The Bertz CT molecular complexity index is 443. The van der Waals surface area contributed by atoms with Crippen LogP contribution < -0.4 is 4.74 Å². The molecular formula is C16H22N2O. The third-order valence-corrected chi connectivity index (χ3v) is 3.93. The fourth-order valence-corrected chi connectivity index (χ4v) is 2.70. The normalized spacial score (nSPS) is 19.4. The first kappa shape index (κ1) is 13.9. The van der Waals surface area contributed by atoms with Gasteiger partial charge < -0.3 is 4.74 Å². The van der Waals surface area contributed by atoms with E-state index in [2.05, 4.69) is 11.0 Å². The van der Waals surface area contributed by atoms with Crippen LogP contribution in [0.3, 0.4) is 0 Å². The highest BCUT2D eigenvalue weighted by Gasteiger charge is 2.34. The zero-order chi connectivity index (χ0) is 13.7. The molecule has 1 aromatic carbocycles. The Balaban J connectivity index is 2.22. The van der Waals surface area contributed by atoms with E-state index in [1.807, 2.05) is 38.1 Å². The Morgan fingerprint density at radius 3 is 2.37 bits per heavy atom. The molecule has 19 heavy (non-hydrogen) atoms. The van der Waals surface area contributed by atoms with Gasteiger partial charge in [0, 0.05) is 0 Å². The Morgan fingerprint density at radius 1 is 1.21 bits per heavy atom. The minimum atomic E-state index is -0.523. The molecule has 1 fully saturated rings. The first-order valence-corrected chi connectivity index (χ1v) is 7.10. The largest absolute Gasteiger partial charge is 0.494 e. The van der Waals surface area contributed by atoms with Gasteiger partial charge in [-0.25, -0.2) is 0 Å². The minimum absolute atomic E-state index is 0.523. The fourth-order valence-electron chi connectivity index (χ4n) is 2.70. The van der Waals surface area contributed by atoms with Crippen molar-refractivity contribution in [3.8, 4) is 11.8 Å². The van der Waals surface area contributed by atoms with Crippen molar-refractivity contribution in [2.45, 2.75) is 38.6 Å². The maximum Gasteiger partial charge on any atom is 0.131 e. The zero-order valence-corrected chi connectivity index (χ0v) is 11.9. The van der Waals surface area contributed by atoms with Crippen molar-refractivity contribution in [1.29, 1.82) is 5.26 Å². The van der Waals surface area contributed by atoms with Gasteiger partial charge >= 0.3 is 0 Å². The van der Waals surface area contributed by atoms with Crippen molar-refractivity contribution in [2.24, 2.45) is 0 Å². The lowest BCUT2D eigenvalue weighted by atomic mass is 9.89. The average Bonchev–Trinajstić information content (AvgIpc) is 2.48. The van der Waals surface area contributed by atoms with Gasteiger partial charge in [0.1, 0.15) is 11.3 Å². The van der Waals surface area contributed by atoms with Gasteiger partial charge in [-0.2, -0.15) is 5.26 Å². The molecule has 0 spiro atoms. The molecule has 3 nitrogen and oxygen atoms in total. The van der Waals surface area contributed by atoms with Gasteiger partial charge in [0.05, 0.1) is 12.7 Å². The van der Waals surface area contributed by atoms with Crippen molar-refractivity contribution < 1.29 is 4.74 Å². The zero-order valence-electron chi connectivity index (χ0n) is 11.9. The van der Waals surface area contributed by atoms with Crippen molar-refractivity contribution in [1.82, 2.24) is 4.90 Å². The van der Waals surface area contributed by atoms with Crippen molar-refractivity contribution >= 4 is 0 Å². The predicted octanol–water partition coefficient (Wildman–Crippen LogP) is 3.31. The SMILES string of the molecule is CCOc1ccc(C(C)(C#N)N2CCCCC2)cc1. The lowest BCUT2D eigenvalue weighted by molar-refractivity contribution is 0.123. The molecule has 0 radical (unpaired) electrons. The number of hydrogen-bond acceptors (Lipinski definition) is 3. The van der Waals surface area contributed by atoms with E-state index in [-0.39, 0.29) is 0 Å². The summed E-state index contributed by atoms with van der Waals surface area (Å²) in [6.45, 7) is 6.69. The van der Waals surface area contributed by atoms with Gasteiger partial charge in [0.15, 0.2) is 0 Å². The average molecular weight is 258 g/mol. The van der Waals surface area contributed by atoms with Crippen LogP contribution in [0.4, 0.5) is 0 Å². The number of likely N-dealkylation sites (tertiary alicyclic amines) is 1. The monoisotopic (exact) mass is 258 g/mol. The molecule has 1 unspecified atom stereocenters. The van der Waals surface area contributed by atoms with Crippen LogP contribution in [0.5, 0.6) is 5.75 Å². The highest BCUT2D eigenvalue weighted by atomic mass is 16.5. The Morgan fingerprint density at radius 2 is 1.84 bits per heavy atom. The summed E-state index contributed by atoms with van der Waals surface area (Å²) in [6, 6.07) is 10.4. The van der Waals surface area contributed by atoms with Gasteiger partial charge in [-0.15, -0.1) is 0 Å². The molecule has 1 aliphatic heterocycles. The van der Waals surface area contributed by atoms with Crippen LogP contribution in [0.2, 0.25) is 0 Å². The Kier molecular flexibility index (Phi) is 4.44. The highest BCUT2D eigenvalue weighted by molar-refractivity contribution is 5.35. The molecule has 102 valence electrons. The van der Waals surface area contributed by atoms with Crippen LogP contribution in [0.1, 0.15) is 38.7 Å². The predicted molar refractivity (Wildman–Crippen MR) is 76.0 cm³/mol. The third kappa shape index (κ3) is 2.90. The van der Waals surface area contributed by atoms with Gasteiger partial charge in [-0.1, -0.05) is 18.6 Å². The summed E-state index contributed by atoms with van der Waals surface area (Å²) in [5.74, 6) is 0.866. The molecule has 1 atom stereocenters. The molecule has 0 bridgehead atoms. The summed E-state index contributed by atoms with van der Waals surface area (Å²) in [6.07, 6.45) is 3.66. The third-order valence-electron chi connectivity index (χ3n) is 3.93. The number of nitriles is 1. The van der Waals surface area contributed by atoms with Crippen molar-refractivity contribution in [3.63, 3.8) is 0 Å². The minimum Gasteiger partial charge on any atom is -0.494 e. The quantitative estimate of drug-likeness (QED) is 0.831. The van der Waals surface area contributed by atoms with Gasteiger partial charge in [0.2, 0.25) is 0 Å². The Hall–Kier alpha value is -1.53. The van der Waals surface area contributed by atoms with Gasteiger partial charge in [0.25, 0.3) is 0 Å². The molecule has 0 amide bonds. The first-order chi connectivity index (χ1) is 9.20. The van der Waals surface area contributed by atoms with E-state index in [1.165, 1.54) is 19.3 Å². The topological polar surface area (TPSA) is 36.3 Å². The van der Waals surface area contributed by atoms with E-state index in [0.29, 0.717) is 6.61 Å². The maximum absolute atomic E-state index is 9.64. The van der Waals surface area contributed by atoms with Crippen molar-refractivity contribution in [3.05, 3.63) is 29.8 Å². The molecular weight excluding hydrogens is 236 g/mol. The summed E-state index contributed by atoms with van der Waals surface area (Å²) in [5.41, 5.74) is 0.533. The summed E-state index contributed by atoms with van der Waals surface area (Å²) in [4.78, 5) is 2.30. The standard InChI is InChI=1S/C16H22N2O/c1-3-19-15-9-7-14(8-10-15)16(2,13-17)18-11-5-4-6-12-18/h7-10H,3-6,11-12H2,1-2H3. The van der Waals surface area contributed by atoms with Crippen LogP contribution in [0.25, 0.3) is 0 Å². The summed E-state index contributed by atoms with van der Waals surface area (Å²) < 4.78 is 5.46. The van der Waals surface area contributed by atoms with Gasteiger partial charge in [-0.05, 0) is 57.5 Å². The van der Waals surface area contributed by atoms with E-state index in [0.717, 1.165) is 24.4 Å². The molecule has 3 heteroatoms. The van der Waals surface area contributed by atoms with Gasteiger partial charge in [-0.3, -0.25) is 4.90 Å². The molecule has 0 aromatic heterocycles. The first-order valence-electron chi connectivity index (χ1n) is 7.10. The molecule has 0 N–H and O–H groups in total. The van der Waals surface area contributed by atoms with Crippen LogP contribution in [0, 0.1) is 11.3 Å².